The molecule has 0 saturated carbocycles. The fourth-order valence-corrected chi connectivity index (χ4v) is 2.95. The van der Waals surface area contributed by atoms with E-state index in [1.54, 1.807) is 6.08 Å². The average molecular weight is 333 g/mol. The van der Waals surface area contributed by atoms with E-state index in [9.17, 15) is 0 Å². The number of aromatic amines is 1. The lowest BCUT2D eigenvalue weighted by Crippen LogP contribution is -2.56. The predicted molar refractivity (Wildman–Crippen MR) is 93.0 cm³/mol. The smallest absolute Gasteiger partial charge is 0.216 e. The summed E-state index contributed by atoms with van der Waals surface area (Å²) in [5.41, 5.74) is 13.1. The summed E-state index contributed by atoms with van der Waals surface area (Å²) < 4.78 is 6.03. The van der Waals surface area contributed by atoms with Crippen LogP contribution in [-0.2, 0) is 10.4 Å². The molecule has 6 N–H and O–H groups in total. The van der Waals surface area contributed by atoms with E-state index in [0.29, 0.717) is 11.8 Å². The molecule has 8 nitrogen and oxygen atoms in total. The van der Waals surface area contributed by atoms with E-state index in [4.69, 9.17) is 16.2 Å². The first-order chi connectivity index (χ1) is 11.4. The predicted octanol–water partition coefficient (Wildman–Crippen LogP) is 0.515. The van der Waals surface area contributed by atoms with Crippen molar-refractivity contribution >= 4 is 5.96 Å². The molecule has 3 rings (SSSR count). The maximum absolute atomic E-state index is 6.49. The maximum atomic E-state index is 6.49. The number of nitrogens with zero attached hydrogens (tertiary/aromatic N) is 3. The summed E-state index contributed by atoms with van der Waals surface area (Å²) in [6.45, 7) is 6.19. The Balaban J connectivity index is 1.78. The van der Waals surface area contributed by atoms with Crippen molar-refractivity contribution in [1.29, 1.82) is 0 Å². The van der Waals surface area contributed by atoms with E-state index in [1.807, 2.05) is 6.07 Å². The molecule has 0 aromatic carbocycles. The van der Waals surface area contributed by atoms with E-state index in [-0.39, 0.29) is 12.1 Å². The van der Waals surface area contributed by atoms with Crippen LogP contribution in [0.2, 0.25) is 0 Å². The van der Waals surface area contributed by atoms with Crippen LogP contribution in [0, 0.1) is 0 Å². The highest BCUT2D eigenvalue weighted by Crippen LogP contribution is 2.25. The Hall–Kier alpha value is -2.06. The van der Waals surface area contributed by atoms with Crippen LogP contribution in [0.4, 0.5) is 0 Å². The molecule has 1 aromatic heterocycles. The fraction of sp³-hybridized carbons (Fsp3) is 0.625. The Morgan fingerprint density at radius 1 is 1.38 bits per heavy atom. The van der Waals surface area contributed by atoms with Gasteiger partial charge in [-0.3, -0.25) is 5.10 Å². The molecule has 1 atom stereocenters. The molecule has 1 fully saturated rings. The van der Waals surface area contributed by atoms with Gasteiger partial charge in [0.1, 0.15) is 6.10 Å². The van der Waals surface area contributed by atoms with Gasteiger partial charge >= 0.3 is 0 Å². The Labute approximate surface area is 142 Å². The van der Waals surface area contributed by atoms with Crippen molar-refractivity contribution in [3.05, 3.63) is 29.4 Å². The second kappa shape index (κ2) is 6.45. The summed E-state index contributed by atoms with van der Waals surface area (Å²) in [4.78, 5) is 6.54. The van der Waals surface area contributed by atoms with Gasteiger partial charge in [0.25, 0.3) is 0 Å². The number of nitrogens with two attached hydrogens (primary N) is 2. The van der Waals surface area contributed by atoms with Crippen LogP contribution < -0.4 is 16.8 Å². The van der Waals surface area contributed by atoms with Crippen molar-refractivity contribution in [2.45, 2.75) is 44.4 Å². The number of ether oxygens (including phenoxy) is 1. The molecule has 2 aliphatic heterocycles. The molecule has 0 bridgehead atoms. The number of H-pyrrole nitrogens is 1. The van der Waals surface area contributed by atoms with Gasteiger partial charge in [-0.05, 0) is 31.9 Å². The second-order valence-electron chi connectivity index (χ2n) is 6.96. The van der Waals surface area contributed by atoms with Gasteiger partial charge in [0.15, 0.2) is 11.6 Å². The summed E-state index contributed by atoms with van der Waals surface area (Å²) in [6.07, 6.45) is 3.84. The van der Waals surface area contributed by atoms with Crippen molar-refractivity contribution in [2.24, 2.45) is 16.5 Å². The first-order valence-electron chi connectivity index (χ1n) is 8.41. The largest absolute Gasteiger partial charge is 0.474 e. The van der Waals surface area contributed by atoms with Crippen molar-refractivity contribution in [1.82, 2.24) is 20.4 Å². The van der Waals surface area contributed by atoms with Gasteiger partial charge in [0, 0.05) is 19.2 Å². The Morgan fingerprint density at radius 3 is 2.71 bits per heavy atom. The number of likely N-dealkylation sites (tertiary alicyclic amines) is 1. The molecular formula is C16H27N7O. The van der Waals surface area contributed by atoms with Gasteiger partial charge in [0.05, 0.1) is 11.4 Å². The van der Waals surface area contributed by atoms with E-state index >= 15 is 0 Å². The highest BCUT2D eigenvalue weighted by Gasteiger charge is 2.33. The van der Waals surface area contributed by atoms with E-state index in [1.165, 1.54) is 0 Å². The average Bonchev–Trinajstić information content (AvgIpc) is 3.00. The number of hydrogen-bond acceptors (Lipinski definition) is 7. The van der Waals surface area contributed by atoms with E-state index in [2.05, 4.69) is 46.3 Å². The third-order valence-corrected chi connectivity index (χ3v) is 4.50. The van der Waals surface area contributed by atoms with Gasteiger partial charge in [-0.25, -0.2) is 0 Å². The molecule has 1 saturated heterocycles. The van der Waals surface area contributed by atoms with Crippen LogP contribution in [0.1, 0.15) is 44.0 Å². The molecule has 0 spiro atoms. The molecule has 1 aromatic rings. The molecule has 0 radical (unpaired) electrons. The molecule has 0 amide bonds. The summed E-state index contributed by atoms with van der Waals surface area (Å²) in [5, 5.41) is 10.3. The van der Waals surface area contributed by atoms with Crippen molar-refractivity contribution < 1.29 is 4.74 Å². The minimum atomic E-state index is -1.01. The monoisotopic (exact) mass is 333 g/mol. The zero-order chi connectivity index (χ0) is 17.3. The quantitative estimate of drug-likeness (QED) is 0.638. The number of hydrogen-bond donors (Lipinski definition) is 4. The van der Waals surface area contributed by atoms with Crippen LogP contribution in [-0.4, -0.2) is 47.3 Å². The lowest BCUT2D eigenvalue weighted by molar-refractivity contribution is 0.0547. The standard InChI is InChI=1S/C16H27N7O/c1-10(2)12-8-13(22-21-12)16(18)9-14(19-15(17)20-16)24-11-4-6-23(3)7-5-11/h8-11H,4-7,18H2,1-3H3,(H,21,22)(H3,17,19,20). The second-order valence-corrected chi connectivity index (χ2v) is 6.96. The normalized spacial score (nSPS) is 26.0. The zero-order valence-electron chi connectivity index (χ0n) is 14.5. The van der Waals surface area contributed by atoms with Crippen LogP contribution in [0.25, 0.3) is 0 Å². The Morgan fingerprint density at radius 2 is 2.08 bits per heavy atom. The van der Waals surface area contributed by atoms with Crippen LogP contribution in [0.15, 0.2) is 23.0 Å². The summed E-state index contributed by atoms with van der Waals surface area (Å²) in [5.74, 6) is 1.01. The number of aliphatic imine (C=N–C) groups is 1. The van der Waals surface area contributed by atoms with Crippen molar-refractivity contribution in [2.75, 3.05) is 20.1 Å². The summed E-state index contributed by atoms with van der Waals surface area (Å²) >= 11 is 0. The topological polar surface area (TPSA) is 118 Å². The van der Waals surface area contributed by atoms with E-state index in [0.717, 1.165) is 37.3 Å². The Bertz CT molecular complexity index is 643. The lowest BCUT2D eigenvalue weighted by atomic mass is 10.0. The Kier molecular flexibility index (Phi) is 4.51. The van der Waals surface area contributed by atoms with Crippen LogP contribution in [0.3, 0.4) is 0 Å². The maximum Gasteiger partial charge on any atom is 0.216 e. The van der Waals surface area contributed by atoms with Crippen LogP contribution in [0.5, 0.6) is 0 Å². The first kappa shape index (κ1) is 16.8. The molecule has 24 heavy (non-hydrogen) atoms. The number of nitrogens with one attached hydrogen (secondary N) is 2. The minimum Gasteiger partial charge on any atom is -0.474 e. The molecule has 1 unspecified atom stereocenters. The molecule has 8 heteroatoms. The van der Waals surface area contributed by atoms with Gasteiger partial charge in [-0.15, -0.1) is 0 Å². The number of guanidine groups is 1. The third kappa shape index (κ3) is 3.54. The molecule has 132 valence electrons. The summed E-state index contributed by atoms with van der Waals surface area (Å²) in [7, 11) is 2.12. The molecule has 0 aliphatic carbocycles. The molecular weight excluding hydrogens is 306 g/mol. The first-order valence-corrected chi connectivity index (χ1v) is 8.41. The van der Waals surface area contributed by atoms with Gasteiger partial charge in [-0.1, -0.05) is 13.8 Å². The number of piperidine rings is 1. The highest BCUT2D eigenvalue weighted by atomic mass is 16.5. The third-order valence-electron chi connectivity index (χ3n) is 4.50. The summed E-state index contributed by atoms with van der Waals surface area (Å²) in [6, 6.07) is 1.94. The van der Waals surface area contributed by atoms with Gasteiger partial charge < -0.3 is 26.4 Å². The van der Waals surface area contributed by atoms with Crippen molar-refractivity contribution in [3.8, 4) is 0 Å². The highest BCUT2D eigenvalue weighted by molar-refractivity contribution is 5.81. The van der Waals surface area contributed by atoms with E-state index < -0.39 is 5.66 Å². The number of rotatable bonds is 4. The van der Waals surface area contributed by atoms with Crippen molar-refractivity contribution in [3.63, 3.8) is 0 Å². The zero-order valence-corrected chi connectivity index (χ0v) is 14.5. The molecule has 2 aliphatic rings. The molecule has 3 heterocycles. The minimum absolute atomic E-state index is 0.138. The number of aromatic nitrogens is 2. The van der Waals surface area contributed by atoms with Gasteiger partial charge in [-0.2, -0.15) is 10.1 Å². The van der Waals surface area contributed by atoms with Gasteiger partial charge in [0.2, 0.25) is 5.88 Å². The SMILES string of the molecule is CC(C)c1cc(C2(N)C=C(OC3CCN(C)CC3)N=C(N)N2)[nH]n1. The lowest BCUT2D eigenvalue weighted by Gasteiger charge is -2.33. The van der Waals surface area contributed by atoms with Crippen LogP contribution >= 0.6 is 0 Å². The fourth-order valence-electron chi connectivity index (χ4n) is 2.95.